The SMILES string of the molecule is CCOc1ccc(/C=N/Nc2nnc(SCC(=O)Nc3cc(C(F)(F)F)ccc3Cl)n2N)cc1. The zero-order chi connectivity index (χ0) is 24.7. The van der Waals surface area contributed by atoms with Crippen LogP contribution in [-0.2, 0) is 11.0 Å². The summed E-state index contributed by atoms with van der Waals surface area (Å²) >= 11 is 6.82. The number of alkyl halides is 3. The number of ether oxygens (including phenoxy) is 1. The Kier molecular flexibility index (Phi) is 8.23. The molecule has 2 aromatic carbocycles. The van der Waals surface area contributed by atoms with Gasteiger partial charge in [-0.3, -0.25) is 4.79 Å². The number of nitrogens with two attached hydrogens (primary N) is 1. The molecule has 1 heterocycles. The van der Waals surface area contributed by atoms with Crippen molar-refractivity contribution in [3.8, 4) is 5.75 Å². The van der Waals surface area contributed by atoms with Crippen LogP contribution in [0.4, 0.5) is 24.8 Å². The van der Waals surface area contributed by atoms with Gasteiger partial charge in [0.2, 0.25) is 11.1 Å². The molecule has 180 valence electrons. The minimum Gasteiger partial charge on any atom is -0.494 e. The number of hydrazone groups is 1. The lowest BCUT2D eigenvalue weighted by Crippen LogP contribution is -2.17. The van der Waals surface area contributed by atoms with Crippen molar-refractivity contribution in [2.24, 2.45) is 5.10 Å². The maximum atomic E-state index is 12.9. The van der Waals surface area contributed by atoms with Gasteiger partial charge in [0.05, 0.1) is 34.8 Å². The first-order valence-corrected chi connectivity index (χ1v) is 11.1. The van der Waals surface area contributed by atoms with Crippen LogP contribution in [0.1, 0.15) is 18.1 Å². The molecule has 0 saturated carbocycles. The molecule has 0 unspecified atom stereocenters. The molecule has 1 aromatic heterocycles. The summed E-state index contributed by atoms with van der Waals surface area (Å²) in [4.78, 5) is 12.2. The quantitative estimate of drug-likeness (QED) is 0.169. The molecule has 0 atom stereocenters. The maximum Gasteiger partial charge on any atom is 0.416 e. The van der Waals surface area contributed by atoms with Gasteiger partial charge in [-0.1, -0.05) is 23.4 Å². The Morgan fingerprint density at radius 3 is 2.68 bits per heavy atom. The molecule has 0 aliphatic rings. The minimum absolute atomic E-state index is 0.0229. The molecular weight excluding hydrogens is 495 g/mol. The summed E-state index contributed by atoms with van der Waals surface area (Å²) in [7, 11) is 0. The number of carbonyl (C=O) groups excluding carboxylic acids is 1. The number of hydrogen-bond donors (Lipinski definition) is 3. The van der Waals surface area contributed by atoms with E-state index >= 15 is 0 Å². The number of thioether (sulfide) groups is 1. The number of benzene rings is 2. The molecular formula is C20H19ClF3N7O2S. The van der Waals surface area contributed by atoms with Crippen molar-refractivity contribution in [2.75, 3.05) is 28.9 Å². The Labute approximate surface area is 201 Å². The van der Waals surface area contributed by atoms with Gasteiger partial charge >= 0.3 is 6.18 Å². The summed E-state index contributed by atoms with van der Waals surface area (Å²) in [6.07, 6.45) is -3.02. The number of nitrogen functional groups attached to an aromatic ring is 1. The Morgan fingerprint density at radius 1 is 1.26 bits per heavy atom. The monoisotopic (exact) mass is 513 g/mol. The minimum atomic E-state index is -4.56. The number of halogens is 4. The molecule has 0 bridgehead atoms. The summed E-state index contributed by atoms with van der Waals surface area (Å²) in [5, 5.41) is 14.2. The molecule has 0 fully saturated rings. The molecule has 0 saturated heterocycles. The van der Waals surface area contributed by atoms with Gasteiger partial charge in [-0.05, 0) is 55.0 Å². The van der Waals surface area contributed by atoms with Crippen molar-refractivity contribution in [1.29, 1.82) is 0 Å². The van der Waals surface area contributed by atoms with Gasteiger partial charge in [0.15, 0.2) is 0 Å². The number of nitrogens with zero attached hydrogens (tertiary/aromatic N) is 4. The normalized spacial score (nSPS) is 11.6. The van der Waals surface area contributed by atoms with Gasteiger partial charge in [-0.15, -0.1) is 10.2 Å². The Balaban J connectivity index is 1.54. The van der Waals surface area contributed by atoms with E-state index in [-0.39, 0.29) is 27.6 Å². The van der Waals surface area contributed by atoms with Gasteiger partial charge in [0.1, 0.15) is 5.75 Å². The predicted molar refractivity (Wildman–Crippen MR) is 125 cm³/mol. The van der Waals surface area contributed by atoms with E-state index in [0.29, 0.717) is 6.61 Å². The summed E-state index contributed by atoms with van der Waals surface area (Å²) in [6.45, 7) is 2.47. The third-order valence-corrected chi connectivity index (χ3v) is 5.41. The van der Waals surface area contributed by atoms with Crippen LogP contribution in [0.25, 0.3) is 0 Å². The Bertz CT molecular complexity index is 1170. The predicted octanol–water partition coefficient (Wildman–Crippen LogP) is 4.24. The van der Waals surface area contributed by atoms with Crippen LogP contribution in [0.3, 0.4) is 0 Å². The van der Waals surface area contributed by atoms with E-state index in [4.69, 9.17) is 22.2 Å². The topological polar surface area (TPSA) is 119 Å². The van der Waals surface area contributed by atoms with Crippen molar-refractivity contribution in [1.82, 2.24) is 14.9 Å². The highest BCUT2D eigenvalue weighted by Gasteiger charge is 2.31. The highest BCUT2D eigenvalue weighted by molar-refractivity contribution is 7.99. The highest BCUT2D eigenvalue weighted by Crippen LogP contribution is 2.34. The molecule has 3 rings (SSSR count). The van der Waals surface area contributed by atoms with Crippen LogP contribution in [-0.4, -0.2) is 39.4 Å². The number of carbonyl (C=O) groups is 1. The van der Waals surface area contributed by atoms with Gasteiger partial charge in [-0.25, -0.2) is 10.1 Å². The lowest BCUT2D eigenvalue weighted by atomic mass is 10.2. The lowest BCUT2D eigenvalue weighted by Gasteiger charge is -2.11. The lowest BCUT2D eigenvalue weighted by molar-refractivity contribution is -0.137. The van der Waals surface area contributed by atoms with Crippen LogP contribution in [0.15, 0.2) is 52.7 Å². The van der Waals surface area contributed by atoms with E-state index in [0.717, 1.165) is 46.0 Å². The number of nitrogens with one attached hydrogen (secondary N) is 2. The van der Waals surface area contributed by atoms with Crippen molar-refractivity contribution >= 4 is 47.1 Å². The Hall–Kier alpha value is -3.45. The molecule has 0 aliphatic carbocycles. The standard InChI is InChI=1S/C20H19ClF3N7O2S/c1-2-33-14-6-3-12(4-7-14)10-26-28-18-29-30-19(31(18)25)34-11-17(32)27-16-9-13(20(22,23)24)5-8-15(16)21/h3-10H,2,11,25H2,1H3,(H,27,32)(H,28,29)/b26-10+. The molecule has 4 N–H and O–H groups in total. The van der Waals surface area contributed by atoms with Crippen molar-refractivity contribution in [3.05, 3.63) is 58.6 Å². The van der Waals surface area contributed by atoms with Crippen LogP contribution in [0, 0.1) is 0 Å². The Morgan fingerprint density at radius 2 is 2.00 bits per heavy atom. The largest absolute Gasteiger partial charge is 0.494 e. The van der Waals surface area contributed by atoms with Crippen LogP contribution < -0.4 is 21.3 Å². The van der Waals surface area contributed by atoms with Crippen LogP contribution >= 0.6 is 23.4 Å². The second kappa shape index (κ2) is 11.1. The van der Waals surface area contributed by atoms with Crippen molar-refractivity contribution in [3.63, 3.8) is 0 Å². The second-order valence-electron chi connectivity index (χ2n) is 6.58. The summed E-state index contributed by atoms with van der Waals surface area (Å²) < 4.78 is 45.1. The van der Waals surface area contributed by atoms with Gasteiger partial charge in [0, 0.05) is 0 Å². The average molecular weight is 514 g/mol. The smallest absolute Gasteiger partial charge is 0.416 e. The molecule has 0 aliphatic heterocycles. The van der Waals surface area contributed by atoms with Crippen molar-refractivity contribution in [2.45, 2.75) is 18.3 Å². The highest BCUT2D eigenvalue weighted by atomic mass is 35.5. The van der Waals surface area contributed by atoms with E-state index in [1.54, 1.807) is 6.21 Å². The number of anilines is 2. The molecule has 9 nitrogen and oxygen atoms in total. The van der Waals surface area contributed by atoms with Crippen LogP contribution in [0.2, 0.25) is 5.02 Å². The molecule has 1 amide bonds. The third-order valence-electron chi connectivity index (χ3n) is 4.13. The maximum absolute atomic E-state index is 12.9. The summed E-state index contributed by atoms with van der Waals surface area (Å²) in [6, 6.07) is 9.91. The van der Waals surface area contributed by atoms with E-state index in [9.17, 15) is 18.0 Å². The fourth-order valence-electron chi connectivity index (χ4n) is 2.55. The summed E-state index contributed by atoms with van der Waals surface area (Å²) in [5.41, 5.74) is 2.37. The van der Waals surface area contributed by atoms with E-state index < -0.39 is 17.6 Å². The zero-order valence-corrected chi connectivity index (χ0v) is 19.2. The molecule has 14 heteroatoms. The van der Waals surface area contributed by atoms with Gasteiger partial charge in [0.25, 0.3) is 5.95 Å². The van der Waals surface area contributed by atoms with Crippen LogP contribution in [0.5, 0.6) is 5.75 Å². The van der Waals surface area contributed by atoms with E-state index in [1.165, 1.54) is 0 Å². The van der Waals surface area contributed by atoms with Crippen molar-refractivity contribution < 1.29 is 22.7 Å². The number of amides is 1. The number of aromatic nitrogens is 3. The molecule has 0 radical (unpaired) electrons. The fraction of sp³-hybridized carbons (Fsp3) is 0.200. The third kappa shape index (κ3) is 6.78. The second-order valence-corrected chi connectivity index (χ2v) is 7.93. The summed E-state index contributed by atoms with van der Waals surface area (Å²) in [5.74, 6) is 5.97. The number of hydrogen-bond acceptors (Lipinski definition) is 8. The number of rotatable bonds is 9. The molecule has 0 spiro atoms. The average Bonchev–Trinajstić information content (AvgIpc) is 3.14. The van der Waals surface area contributed by atoms with Gasteiger partial charge < -0.3 is 15.9 Å². The first-order valence-electron chi connectivity index (χ1n) is 9.69. The van der Waals surface area contributed by atoms with Gasteiger partial charge in [-0.2, -0.15) is 18.3 Å². The first-order chi connectivity index (χ1) is 16.2. The van der Waals surface area contributed by atoms with E-state index in [2.05, 4.69) is 26.0 Å². The van der Waals surface area contributed by atoms with E-state index in [1.807, 2.05) is 31.2 Å². The molecule has 34 heavy (non-hydrogen) atoms. The fourth-order valence-corrected chi connectivity index (χ4v) is 3.37. The first kappa shape index (κ1) is 25.2. The zero-order valence-electron chi connectivity index (χ0n) is 17.6. The molecule has 3 aromatic rings.